The molecule has 3 N–H and O–H groups in total. The molecule has 1 aliphatic rings. The first-order chi connectivity index (χ1) is 11.0. The summed E-state index contributed by atoms with van der Waals surface area (Å²) in [5.41, 5.74) is 0.360. The molecule has 124 valence electrons. The number of nitrogens with zero attached hydrogens (tertiary/aromatic N) is 1. The molecule has 1 fully saturated rings. The van der Waals surface area contributed by atoms with Crippen LogP contribution in [0, 0.1) is 5.41 Å². The summed E-state index contributed by atoms with van der Waals surface area (Å²) in [6, 6.07) is 6.59. The molecule has 7 heteroatoms. The van der Waals surface area contributed by atoms with Gasteiger partial charge in [0.05, 0.1) is 6.61 Å². The molecular formula is C16H20ClN3O3. The average molecular weight is 338 g/mol. The normalized spacial score (nSPS) is 15.1. The molecule has 1 amide bonds. The Morgan fingerprint density at radius 1 is 1.35 bits per heavy atom. The zero-order valence-electron chi connectivity index (χ0n) is 12.9. The van der Waals surface area contributed by atoms with Crippen LogP contribution in [-0.4, -0.2) is 41.4 Å². The molecule has 0 bridgehead atoms. The van der Waals surface area contributed by atoms with Gasteiger partial charge in [0.15, 0.2) is 5.57 Å². The number of anilines is 1. The summed E-state index contributed by atoms with van der Waals surface area (Å²) in [5.74, 6) is -1.15. The number of likely N-dealkylation sites (tertiary alicyclic amines) is 1. The molecule has 0 atom stereocenters. The lowest BCUT2D eigenvalue weighted by atomic mass is 10.2. The topological polar surface area (TPSA) is 85.7 Å². The Labute approximate surface area is 140 Å². The van der Waals surface area contributed by atoms with Gasteiger partial charge in [-0.05, 0) is 44.0 Å². The molecule has 23 heavy (non-hydrogen) atoms. The van der Waals surface area contributed by atoms with E-state index in [-0.39, 0.29) is 18.0 Å². The molecule has 2 rings (SSSR count). The van der Waals surface area contributed by atoms with Crippen LogP contribution in [-0.2, 0) is 9.53 Å². The van der Waals surface area contributed by atoms with Crippen LogP contribution >= 0.6 is 11.6 Å². The fourth-order valence-electron chi connectivity index (χ4n) is 2.34. The number of hydrogen-bond donors (Lipinski definition) is 3. The van der Waals surface area contributed by atoms with Gasteiger partial charge < -0.3 is 20.1 Å². The third-order valence-electron chi connectivity index (χ3n) is 3.48. The fourth-order valence-corrected chi connectivity index (χ4v) is 2.47. The molecular weight excluding hydrogens is 318 g/mol. The van der Waals surface area contributed by atoms with Gasteiger partial charge in [-0.2, -0.15) is 0 Å². The van der Waals surface area contributed by atoms with Gasteiger partial charge in [-0.1, -0.05) is 11.6 Å². The maximum Gasteiger partial charge on any atom is 0.293 e. The SMILES string of the molecule is CCO/C(O)=C(/C(=N)N1CCCC1)C(=O)Nc1ccc(Cl)cc1. The molecule has 1 aromatic rings. The molecule has 1 aromatic carbocycles. The van der Waals surface area contributed by atoms with Gasteiger partial charge in [-0.25, -0.2) is 0 Å². The van der Waals surface area contributed by atoms with Crippen LogP contribution in [0.1, 0.15) is 19.8 Å². The zero-order chi connectivity index (χ0) is 16.8. The standard InChI is InChI=1S/C16H20ClN3O3/c1-2-23-16(22)13(14(18)20-9-3-4-10-20)15(21)19-12-7-5-11(17)6-8-12/h5-8,18,22H,2-4,9-10H2,1H3,(H,19,21)/b16-13-,18-14?. The summed E-state index contributed by atoms with van der Waals surface area (Å²) in [6.45, 7) is 3.28. The fraction of sp³-hybridized carbons (Fsp3) is 0.375. The van der Waals surface area contributed by atoms with E-state index in [1.165, 1.54) is 0 Å². The van der Waals surface area contributed by atoms with Crippen molar-refractivity contribution in [2.24, 2.45) is 0 Å². The monoisotopic (exact) mass is 337 g/mol. The average Bonchev–Trinajstić information content (AvgIpc) is 3.04. The Kier molecular flexibility index (Phi) is 5.87. The largest absolute Gasteiger partial charge is 0.480 e. The van der Waals surface area contributed by atoms with Crippen molar-refractivity contribution in [3.63, 3.8) is 0 Å². The highest BCUT2D eigenvalue weighted by atomic mass is 35.5. The van der Waals surface area contributed by atoms with Crippen molar-refractivity contribution in [3.8, 4) is 0 Å². The quantitative estimate of drug-likeness (QED) is 0.333. The number of benzene rings is 1. The van der Waals surface area contributed by atoms with Crippen LogP contribution in [0.2, 0.25) is 5.02 Å². The van der Waals surface area contributed by atoms with Gasteiger partial charge in [0, 0.05) is 23.8 Å². The number of halogens is 1. The molecule has 0 aromatic heterocycles. The van der Waals surface area contributed by atoms with Crippen molar-refractivity contribution in [1.29, 1.82) is 5.41 Å². The van der Waals surface area contributed by atoms with Crippen molar-refractivity contribution in [1.82, 2.24) is 4.90 Å². The molecule has 0 unspecified atom stereocenters. The number of amidine groups is 1. The van der Waals surface area contributed by atoms with E-state index >= 15 is 0 Å². The van der Waals surface area contributed by atoms with Crippen LogP contribution in [0.15, 0.2) is 35.8 Å². The molecule has 0 spiro atoms. The smallest absolute Gasteiger partial charge is 0.293 e. The van der Waals surface area contributed by atoms with E-state index in [1.54, 1.807) is 36.1 Å². The first-order valence-electron chi connectivity index (χ1n) is 7.49. The number of amides is 1. The molecule has 0 saturated carbocycles. The molecule has 0 aliphatic carbocycles. The van der Waals surface area contributed by atoms with Crippen LogP contribution in [0.3, 0.4) is 0 Å². The second-order valence-electron chi connectivity index (χ2n) is 5.12. The lowest BCUT2D eigenvalue weighted by Crippen LogP contribution is -2.34. The number of carbonyl (C=O) groups excluding carboxylic acids is 1. The van der Waals surface area contributed by atoms with Crippen LogP contribution in [0.25, 0.3) is 0 Å². The second-order valence-corrected chi connectivity index (χ2v) is 5.55. The Morgan fingerprint density at radius 2 is 1.96 bits per heavy atom. The van der Waals surface area contributed by atoms with Gasteiger partial charge in [0.25, 0.3) is 11.9 Å². The number of rotatable bonds is 5. The van der Waals surface area contributed by atoms with E-state index in [2.05, 4.69) is 5.32 Å². The molecule has 1 heterocycles. The first-order valence-corrected chi connectivity index (χ1v) is 7.87. The molecule has 1 saturated heterocycles. The Hall–Kier alpha value is -2.21. The number of ether oxygens (including phenoxy) is 1. The minimum absolute atomic E-state index is 0.0279. The number of hydrogen-bond acceptors (Lipinski definition) is 4. The molecule has 0 radical (unpaired) electrons. The van der Waals surface area contributed by atoms with Crippen LogP contribution < -0.4 is 5.32 Å². The Balaban J connectivity index is 2.22. The summed E-state index contributed by atoms with van der Waals surface area (Å²) < 4.78 is 5.05. The lowest BCUT2D eigenvalue weighted by molar-refractivity contribution is -0.113. The number of nitrogens with one attached hydrogen (secondary N) is 2. The van der Waals surface area contributed by atoms with Crippen molar-refractivity contribution in [2.45, 2.75) is 19.8 Å². The minimum Gasteiger partial charge on any atom is -0.480 e. The predicted molar refractivity (Wildman–Crippen MR) is 89.9 cm³/mol. The van der Waals surface area contributed by atoms with Gasteiger partial charge in [0.2, 0.25) is 0 Å². The minimum atomic E-state index is -0.588. The van der Waals surface area contributed by atoms with Crippen molar-refractivity contribution >= 4 is 29.0 Å². The summed E-state index contributed by atoms with van der Waals surface area (Å²) in [5, 5.41) is 21.5. The molecule has 1 aliphatic heterocycles. The number of carbonyl (C=O) groups is 1. The first kappa shape index (κ1) is 17.1. The third kappa shape index (κ3) is 4.39. The predicted octanol–water partition coefficient (Wildman–Crippen LogP) is 3.16. The van der Waals surface area contributed by atoms with Gasteiger partial charge in [0.1, 0.15) is 5.84 Å². The van der Waals surface area contributed by atoms with Gasteiger partial charge >= 0.3 is 0 Å². The summed E-state index contributed by atoms with van der Waals surface area (Å²) in [4.78, 5) is 14.3. The van der Waals surface area contributed by atoms with Gasteiger partial charge in [-0.3, -0.25) is 10.2 Å². The van der Waals surface area contributed by atoms with E-state index in [0.29, 0.717) is 23.8 Å². The molecule has 6 nitrogen and oxygen atoms in total. The van der Waals surface area contributed by atoms with E-state index in [4.69, 9.17) is 21.7 Å². The summed E-state index contributed by atoms with van der Waals surface area (Å²) >= 11 is 5.82. The lowest BCUT2D eigenvalue weighted by Gasteiger charge is -2.21. The van der Waals surface area contributed by atoms with Crippen LogP contribution in [0.4, 0.5) is 5.69 Å². The highest BCUT2D eigenvalue weighted by Gasteiger charge is 2.27. The number of aliphatic hydroxyl groups excluding tert-OH is 1. The summed E-state index contributed by atoms with van der Waals surface area (Å²) in [7, 11) is 0. The van der Waals surface area contributed by atoms with E-state index in [1.807, 2.05) is 0 Å². The summed E-state index contributed by atoms with van der Waals surface area (Å²) in [6.07, 6.45) is 1.92. The van der Waals surface area contributed by atoms with Crippen molar-refractivity contribution in [2.75, 3.05) is 25.0 Å². The van der Waals surface area contributed by atoms with Gasteiger partial charge in [-0.15, -0.1) is 0 Å². The Bertz CT molecular complexity index is 608. The maximum absolute atomic E-state index is 12.5. The van der Waals surface area contributed by atoms with E-state index in [0.717, 1.165) is 12.8 Å². The number of aliphatic hydroxyl groups is 1. The van der Waals surface area contributed by atoms with E-state index < -0.39 is 11.9 Å². The third-order valence-corrected chi connectivity index (χ3v) is 3.74. The second kappa shape index (κ2) is 7.87. The van der Waals surface area contributed by atoms with Crippen molar-refractivity contribution < 1.29 is 14.6 Å². The zero-order valence-corrected chi connectivity index (χ0v) is 13.7. The van der Waals surface area contributed by atoms with E-state index in [9.17, 15) is 9.90 Å². The van der Waals surface area contributed by atoms with Crippen molar-refractivity contribution in [3.05, 3.63) is 40.8 Å². The highest BCUT2D eigenvalue weighted by molar-refractivity contribution is 6.30. The Morgan fingerprint density at radius 3 is 2.52 bits per heavy atom. The maximum atomic E-state index is 12.5. The van der Waals surface area contributed by atoms with Crippen LogP contribution in [0.5, 0.6) is 0 Å². The highest BCUT2D eigenvalue weighted by Crippen LogP contribution is 2.18.